The molecular weight excluding hydrogens is 396 g/mol. The molecule has 2 aromatic heterocycles. The minimum Gasteiger partial charge on any atom is -0.467 e. The molecule has 0 unspecified atom stereocenters. The number of aromatic nitrogens is 1. The maximum atomic E-state index is 12.5. The number of hydrogen-bond donors (Lipinski definition) is 1. The van der Waals surface area contributed by atoms with E-state index in [1.807, 2.05) is 30.5 Å². The highest BCUT2D eigenvalue weighted by molar-refractivity contribution is 6.00. The number of benzene rings is 1. The number of Topliss-reactive ketones (excluding diaryl/α,β-unsaturated/α-hetero) is 1. The average Bonchev–Trinajstić information content (AvgIpc) is 3.36. The lowest BCUT2D eigenvalue weighted by Gasteiger charge is -2.09. The van der Waals surface area contributed by atoms with Crippen molar-refractivity contribution in [3.8, 4) is 0 Å². The molecule has 0 atom stereocenters. The van der Waals surface area contributed by atoms with Crippen LogP contribution in [0.15, 0.2) is 53.1 Å². The van der Waals surface area contributed by atoms with Gasteiger partial charge in [-0.15, -0.1) is 0 Å². The van der Waals surface area contributed by atoms with E-state index in [9.17, 15) is 14.4 Å². The second-order valence-electron chi connectivity index (χ2n) is 7.67. The number of aryl methyl sites for hydroxylation is 1. The van der Waals surface area contributed by atoms with Crippen molar-refractivity contribution >= 4 is 23.3 Å². The number of hydrogen-bond acceptors (Lipinski definition) is 5. The van der Waals surface area contributed by atoms with Gasteiger partial charge in [0, 0.05) is 28.6 Å². The number of rotatable bonds is 8. The molecule has 7 heteroatoms. The molecule has 0 fully saturated rings. The average molecular weight is 422 g/mol. The topological polar surface area (TPSA) is 90.5 Å². The Morgan fingerprint density at radius 2 is 1.81 bits per heavy atom. The molecule has 0 spiro atoms. The summed E-state index contributed by atoms with van der Waals surface area (Å²) in [7, 11) is 0. The molecule has 162 valence electrons. The van der Waals surface area contributed by atoms with Crippen LogP contribution < -0.4 is 5.32 Å². The monoisotopic (exact) mass is 422 g/mol. The van der Waals surface area contributed by atoms with E-state index in [1.54, 1.807) is 50.4 Å². The van der Waals surface area contributed by atoms with E-state index in [-0.39, 0.29) is 24.2 Å². The fraction of sp³-hybridized carbons (Fsp3) is 0.292. The Bertz CT molecular complexity index is 1080. The van der Waals surface area contributed by atoms with E-state index in [0.717, 1.165) is 17.1 Å². The quantitative estimate of drug-likeness (QED) is 0.430. The van der Waals surface area contributed by atoms with E-state index in [0.29, 0.717) is 23.4 Å². The van der Waals surface area contributed by atoms with Gasteiger partial charge in [0.25, 0.3) is 0 Å². The summed E-state index contributed by atoms with van der Waals surface area (Å²) in [5, 5.41) is 2.76. The van der Waals surface area contributed by atoms with Crippen molar-refractivity contribution in [3.63, 3.8) is 0 Å². The number of amides is 1. The van der Waals surface area contributed by atoms with E-state index in [4.69, 9.17) is 9.15 Å². The lowest BCUT2D eigenvalue weighted by Crippen LogP contribution is -2.18. The lowest BCUT2D eigenvalue weighted by atomic mass is 10.1. The number of furan rings is 1. The Balaban J connectivity index is 1.60. The molecule has 0 radical (unpaired) electrons. The maximum Gasteiger partial charge on any atom is 0.340 e. The molecule has 1 aromatic carbocycles. The van der Waals surface area contributed by atoms with Crippen molar-refractivity contribution in [3.05, 3.63) is 77.0 Å². The number of carbonyl (C=O) groups excluding carboxylic acids is 3. The summed E-state index contributed by atoms with van der Waals surface area (Å²) in [4.78, 5) is 36.7. The Labute approximate surface area is 181 Å². The number of nitrogens with one attached hydrogen (secondary N) is 1. The zero-order valence-corrected chi connectivity index (χ0v) is 18.1. The Hall–Kier alpha value is -3.61. The summed E-state index contributed by atoms with van der Waals surface area (Å²) in [6.45, 7) is 7.48. The molecule has 0 bridgehead atoms. The molecule has 1 amide bonds. The van der Waals surface area contributed by atoms with Crippen molar-refractivity contribution in [1.29, 1.82) is 0 Å². The summed E-state index contributed by atoms with van der Waals surface area (Å²) >= 11 is 0. The van der Waals surface area contributed by atoms with Gasteiger partial charge in [0.2, 0.25) is 5.91 Å². The molecule has 0 saturated carbocycles. The zero-order chi connectivity index (χ0) is 22.5. The van der Waals surface area contributed by atoms with E-state index < -0.39 is 5.97 Å². The van der Waals surface area contributed by atoms with Crippen LogP contribution in [0.25, 0.3) is 0 Å². The van der Waals surface area contributed by atoms with Crippen LogP contribution in [-0.4, -0.2) is 28.8 Å². The molecule has 0 aliphatic heterocycles. The fourth-order valence-electron chi connectivity index (χ4n) is 3.13. The highest BCUT2D eigenvalue weighted by Crippen LogP contribution is 2.19. The van der Waals surface area contributed by atoms with Crippen LogP contribution in [-0.2, 0) is 16.1 Å². The van der Waals surface area contributed by atoms with Crippen molar-refractivity contribution < 1.29 is 23.5 Å². The molecule has 7 nitrogen and oxygen atoms in total. The fourth-order valence-corrected chi connectivity index (χ4v) is 3.13. The van der Waals surface area contributed by atoms with Crippen LogP contribution in [0.5, 0.6) is 0 Å². The zero-order valence-electron chi connectivity index (χ0n) is 18.1. The molecule has 1 N–H and O–H groups in total. The van der Waals surface area contributed by atoms with Crippen LogP contribution in [0, 0.1) is 19.8 Å². The molecular formula is C24H26N2O5. The third-order valence-electron chi connectivity index (χ3n) is 5.02. The molecule has 3 aromatic rings. The van der Waals surface area contributed by atoms with Gasteiger partial charge >= 0.3 is 5.97 Å². The Kier molecular flexibility index (Phi) is 6.74. The second-order valence-corrected chi connectivity index (χ2v) is 7.67. The number of nitrogens with zero attached hydrogens (tertiary/aromatic N) is 1. The minimum absolute atomic E-state index is 0.0994. The number of anilines is 1. The van der Waals surface area contributed by atoms with Gasteiger partial charge in [0.15, 0.2) is 12.4 Å². The Morgan fingerprint density at radius 1 is 1.10 bits per heavy atom. The van der Waals surface area contributed by atoms with E-state index >= 15 is 0 Å². The van der Waals surface area contributed by atoms with Gasteiger partial charge < -0.3 is 19.0 Å². The normalized spacial score (nSPS) is 10.9. The lowest BCUT2D eigenvalue weighted by molar-refractivity contribution is -0.118. The van der Waals surface area contributed by atoms with Crippen molar-refractivity contribution in [2.75, 3.05) is 11.9 Å². The summed E-state index contributed by atoms with van der Waals surface area (Å²) in [5.41, 5.74) is 3.07. The van der Waals surface area contributed by atoms with E-state index in [1.165, 1.54) is 0 Å². The van der Waals surface area contributed by atoms with E-state index in [2.05, 4.69) is 5.32 Å². The van der Waals surface area contributed by atoms with Gasteiger partial charge in [0.05, 0.1) is 18.4 Å². The summed E-state index contributed by atoms with van der Waals surface area (Å²) in [6.07, 6.45) is 1.61. The minimum atomic E-state index is -0.548. The number of carbonyl (C=O) groups is 3. The van der Waals surface area contributed by atoms with Gasteiger partial charge in [-0.3, -0.25) is 9.59 Å². The molecule has 0 aliphatic carbocycles. The predicted molar refractivity (Wildman–Crippen MR) is 116 cm³/mol. The molecule has 0 saturated heterocycles. The maximum absolute atomic E-state index is 12.5. The standard InChI is InChI=1S/C24H26N2O5/c1-15(2)23(28)25-19-9-7-18(8-10-19)22(27)14-31-24(29)21-12-16(3)26(17(21)4)13-20-6-5-11-30-20/h5-12,15H,13-14H2,1-4H3,(H,25,28). The van der Waals surface area contributed by atoms with Crippen LogP contribution in [0.4, 0.5) is 5.69 Å². The first-order chi connectivity index (χ1) is 14.8. The number of esters is 1. The van der Waals surface area contributed by atoms with Crippen LogP contribution in [0.2, 0.25) is 0 Å². The first-order valence-electron chi connectivity index (χ1n) is 10.1. The molecule has 3 rings (SSSR count). The molecule has 31 heavy (non-hydrogen) atoms. The first kappa shape index (κ1) is 22.1. The summed E-state index contributed by atoms with van der Waals surface area (Å²) in [6, 6.07) is 11.9. The second kappa shape index (κ2) is 9.47. The third kappa shape index (κ3) is 5.31. The first-order valence-corrected chi connectivity index (χ1v) is 10.1. The van der Waals surface area contributed by atoms with Crippen molar-refractivity contribution in [2.24, 2.45) is 5.92 Å². The SMILES string of the molecule is Cc1cc(C(=O)OCC(=O)c2ccc(NC(=O)C(C)C)cc2)c(C)n1Cc1ccco1. The van der Waals surface area contributed by atoms with Gasteiger partial charge in [0.1, 0.15) is 5.76 Å². The largest absolute Gasteiger partial charge is 0.467 e. The highest BCUT2D eigenvalue weighted by atomic mass is 16.5. The van der Waals surface area contributed by atoms with Crippen molar-refractivity contribution in [2.45, 2.75) is 34.2 Å². The summed E-state index contributed by atoms with van der Waals surface area (Å²) in [5.74, 6) is -0.322. The summed E-state index contributed by atoms with van der Waals surface area (Å²) < 4.78 is 12.6. The van der Waals surface area contributed by atoms with Gasteiger partial charge in [-0.2, -0.15) is 0 Å². The molecule has 2 heterocycles. The number of ketones is 1. The van der Waals surface area contributed by atoms with Gasteiger partial charge in [-0.1, -0.05) is 13.8 Å². The van der Waals surface area contributed by atoms with Gasteiger partial charge in [-0.25, -0.2) is 4.79 Å². The number of ether oxygens (including phenoxy) is 1. The Morgan fingerprint density at radius 3 is 2.42 bits per heavy atom. The van der Waals surface area contributed by atoms with Gasteiger partial charge in [-0.05, 0) is 56.3 Å². The molecule has 0 aliphatic rings. The highest BCUT2D eigenvalue weighted by Gasteiger charge is 2.19. The smallest absolute Gasteiger partial charge is 0.340 e. The van der Waals surface area contributed by atoms with Crippen LogP contribution >= 0.6 is 0 Å². The predicted octanol–water partition coefficient (Wildman–Crippen LogP) is 4.38. The van der Waals surface area contributed by atoms with Crippen LogP contribution in [0.3, 0.4) is 0 Å². The van der Waals surface area contributed by atoms with Crippen LogP contribution in [0.1, 0.15) is 51.7 Å². The van der Waals surface area contributed by atoms with Crippen molar-refractivity contribution in [1.82, 2.24) is 4.57 Å². The third-order valence-corrected chi connectivity index (χ3v) is 5.02.